The molecular weight excluding hydrogens is 276 g/mol. The molecule has 1 saturated heterocycles. The van der Waals surface area contributed by atoms with E-state index in [-0.39, 0.29) is 30.4 Å². The maximum Gasteiger partial charge on any atom is 0.276 e. The largest absolute Gasteiger partial charge is 0.461 e. The van der Waals surface area contributed by atoms with E-state index in [0.717, 1.165) is 0 Å². The number of hydrogen-bond acceptors (Lipinski definition) is 6. The molecule has 1 fully saturated rings. The van der Waals surface area contributed by atoms with Crippen LogP contribution in [0.1, 0.15) is 17.4 Å². The molecule has 2 aromatic rings. The first-order valence-electron chi connectivity index (χ1n) is 6.73. The molecule has 0 saturated carbocycles. The number of hydrogen-bond donors (Lipinski definition) is 1. The molecule has 2 atom stereocenters. The number of furan rings is 1. The quantitative estimate of drug-likeness (QED) is 0.913. The third-order valence-corrected chi connectivity index (χ3v) is 3.46. The molecule has 2 aromatic heterocycles. The molecule has 1 aliphatic rings. The van der Waals surface area contributed by atoms with Crippen molar-refractivity contribution in [3.63, 3.8) is 0 Å². The van der Waals surface area contributed by atoms with E-state index < -0.39 is 0 Å². The number of nitrogens with zero attached hydrogens (tertiary/aromatic N) is 2. The summed E-state index contributed by atoms with van der Waals surface area (Å²) in [6, 6.07) is 4.93. The van der Waals surface area contributed by atoms with Crippen LogP contribution in [0.5, 0.6) is 0 Å². The average Bonchev–Trinajstić information content (AvgIpc) is 3.18. The van der Waals surface area contributed by atoms with Crippen LogP contribution < -0.4 is 0 Å². The lowest BCUT2D eigenvalue weighted by Gasteiger charge is -2.36. The van der Waals surface area contributed by atoms with Crippen LogP contribution in [0.25, 0.3) is 11.5 Å². The van der Waals surface area contributed by atoms with Gasteiger partial charge in [-0.3, -0.25) is 4.79 Å². The average molecular weight is 292 g/mol. The van der Waals surface area contributed by atoms with Gasteiger partial charge in [-0.05, 0) is 19.1 Å². The highest BCUT2D eigenvalue weighted by atomic mass is 16.5. The topological polar surface area (TPSA) is 88.9 Å². The Kier molecular flexibility index (Phi) is 3.76. The van der Waals surface area contributed by atoms with Gasteiger partial charge in [-0.15, -0.1) is 0 Å². The van der Waals surface area contributed by atoms with Gasteiger partial charge in [-0.2, -0.15) is 0 Å². The smallest absolute Gasteiger partial charge is 0.276 e. The third-order valence-electron chi connectivity index (χ3n) is 3.46. The van der Waals surface area contributed by atoms with Gasteiger partial charge in [0.15, 0.2) is 11.5 Å². The zero-order chi connectivity index (χ0) is 14.8. The summed E-state index contributed by atoms with van der Waals surface area (Å²) in [5, 5.41) is 13.0. The molecule has 7 nitrogen and oxygen atoms in total. The van der Waals surface area contributed by atoms with E-state index in [1.807, 2.05) is 6.92 Å². The van der Waals surface area contributed by atoms with Crippen LogP contribution in [0.3, 0.4) is 0 Å². The number of aliphatic hydroxyl groups is 1. The van der Waals surface area contributed by atoms with Crippen molar-refractivity contribution in [3.8, 4) is 11.5 Å². The minimum absolute atomic E-state index is 0.0796. The second-order valence-corrected chi connectivity index (χ2v) is 5.00. The summed E-state index contributed by atoms with van der Waals surface area (Å²) in [6.45, 7) is 2.49. The molecule has 112 valence electrons. The van der Waals surface area contributed by atoms with Crippen LogP contribution in [-0.4, -0.2) is 53.0 Å². The first-order valence-corrected chi connectivity index (χ1v) is 6.73. The molecule has 0 aliphatic carbocycles. The van der Waals surface area contributed by atoms with Crippen molar-refractivity contribution in [1.29, 1.82) is 0 Å². The van der Waals surface area contributed by atoms with Gasteiger partial charge in [-0.25, -0.2) is 0 Å². The van der Waals surface area contributed by atoms with Crippen molar-refractivity contribution in [1.82, 2.24) is 10.1 Å². The molecule has 2 unspecified atom stereocenters. The molecule has 1 N–H and O–H groups in total. The van der Waals surface area contributed by atoms with Crippen LogP contribution in [0.2, 0.25) is 0 Å². The van der Waals surface area contributed by atoms with Gasteiger partial charge in [-0.1, -0.05) is 5.16 Å². The predicted octanol–water partition coefficient (Wildman–Crippen LogP) is 1.16. The molecule has 0 aromatic carbocycles. The van der Waals surface area contributed by atoms with E-state index in [2.05, 4.69) is 5.16 Å². The van der Waals surface area contributed by atoms with Crippen LogP contribution in [0.15, 0.2) is 33.4 Å². The Labute approximate surface area is 121 Å². The van der Waals surface area contributed by atoms with E-state index in [1.54, 1.807) is 23.1 Å². The highest BCUT2D eigenvalue weighted by molar-refractivity contribution is 5.93. The number of carbonyl (C=O) groups excluding carboxylic acids is 1. The van der Waals surface area contributed by atoms with E-state index in [1.165, 1.54) is 6.26 Å². The lowest BCUT2D eigenvalue weighted by molar-refractivity contribution is -0.0669. The van der Waals surface area contributed by atoms with Gasteiger partial charge in [0, 0.05) is 12.6 Å². The lowest BCUT2D eigenvalue weighted by atomic mass is 10.1. The molecule has 7 heteroatoms. The first-order chi connectivity index (χ1) is 10.2. The SMILES string of the molecule is CC1COC(CO)CN1C(=O)c1cc(-c2ccco2)on1. The summed E-state index contributed by atoms with van der Waals surface area (Å²) in [7, 11) is 0. The molecule has 0 spiro atoms. The summed E-state index contributed by atoms with van der Waals surface area (Å²) < 4.78 is 15.8. The number of carbonyl (C=O) groups is 1. The summed E-state index contributed by atoms with van der Waals surface area (Å²) in [4.78, 5) is 14.1. The maximum absolute atomic E-state index is 12.5. The number of morpholine rings is 1. The van der Waals surface area contributed by atoms with Crippen molar-refractivity contribution in [2.24, 2.45) is 0 Å². The molecule has 3 heterocycles. The van der Waals surface area contributed by atoms with Crippen LogP contribution in [0.4, 0.5) is 0 Å². The van der Waals surface area contributed by atoms with Crippen molar-refractivity contribution in [2.45, 2.75) is 19.1 Å². The highest BCUT2D eigenvalue weighted by Gasteiger charge is 2.31. The monoisotopic (exact) mass is 292 g/mol. The Bertz CT molecular complexity index is 607. The predicted molar refractivity (Wildman–Crippen MR) is 71.5 cm³/mol. The Morgan fingerprint density at radius 1 is 1.52 bits per heavy atom. The number of aromatic nitrogens is 1. The maximum atomic E-state index is 12.5. The van der Waals surface area contributed by atoms with Gasteiger partial charge in [0.1, 0.15) is 0 Å². The van der Waals surface area contributed by atoms with Gasteiger partial charge in [0.05, 0.1) is 31.6 Å². The van der Waals surface area contributed by atoms with Gasteiger partial charge in [0.25, 0.3) is 5.91 Å². The van der Waals surface area contributed by atoms with Crippen LogP contribution in [-0.2, 0) is 4.74 Å². The summed E-state index contributed by atoms with van der Waals surface area (Å²) in [5.41, 5.74) is 0.215. The second kappa shape index (κ2) is 5.71. The minimum Gasteiger partial charge on any atom is -0.461 e. The summed E-state index contributed by atoms with van der Waals surface area (Å²) >= 11 is 0. The Morgan fingerprint density at radius 2 is 2.38 bits per heavy atom. The highest BCUT2D eigenvalue weighted by Crippen LogP contribution is 2.22. The Balaban J connectivity index is 1.78. The fourth-order valence-electron chi connectivity index (χ4n) is 2.27. The zero-order valence-corrected chi connectivity index (χ0v) is 11.6. The van der Waals surface area contributed by atoms with Crippen molar-refractivity contribution < 1.29 is 23.6 Å². The Morgan fingerprint density at radius 3 is 3.10 bits per heavy atom. The summed E-state index contributed by atoms with van der Waals surface area (Å²) in [6.07, 6.45) is 1.16. The van der Waals surface area contributed by atoms with E-state index >= 15 is 0 Å². The van der Waals surface area contributed by atoms with Crippen LogP contribution in [0, 0.1) is 0 Å². The third kappa shape index (κ3) is 2.70. The van der Waals surface area contributed by atoms with Crippen molar-refractivity contribution in [2.75, 3.05) is 19.8 Å². The zero-order valence-electron chi connectivity index (χ0n) is 11.6. The van der Waals surface area contributed by atoms with Gasteiger partial charge >= 0.3 is 0 Å². The van der Waals surface area contributed by atoms with E-state index in [0.29, 0.717) is 24.7 Å². The molecule has 3 rings (SSSR count). The molecule has 0 radical (unpaired) electrons. The van der Waals surface area contributed by atoms with Gasteiger partial charge < -0.3 is 23.7 Å². The number of aliphatic hydroxyl groups excluding tert-OH is 1. The molecule has 21 heavy (non-hydrogen) atoms. The molecule has 1 amide bonds. The second-order valence-electron chi connectivity index (χ2n) is 5.00. The van der Waals surface area contributed by atoms with Gasteiger partial charge in [0.2, 0.25) is 5.76 Å². The van der Waals surface area contributed by atoms with Crippen LogP contribution >= 0.6 is 0 Å². The standard InChI is InChI=1S/C14H16N2O5/c1-9-8-20-10(7-17)6-16(9)14(18)11-5-13(21-15-11)12-3-2-4-19-12/h2-5,9-10,17H,6-8H2,1H3. The van der Waals surface area contributed by atoms with Crippen molar-refractivity contribution >= 4 is 5.91 Å². The summed E-state index contributed by atoms with van der Waals surface area (Å²) in [5.74, 6) is 0.679. The molecular formula is C14H16N2O5. The Hall–Kier alpha value is -2.12. The fourth-order valence-corrected chi connectivity index (χ4v) is 2.27. The molecule has 0 bridgehead atoms. The normalized spacial score (nSPS) is 22.5. The van der Waals surface area contributed by atoms with E-state index in [9.17, 15) is 4.79 Å². The number of amides is 1. The lowest BCUT2D eigenvalue weighted by Crippen LogP contribution is -2.52. The molecule has 1 aliphatic heterocycles. The number of ether oxygens (including phenoxy) is 1. The fraction of sp³-hybridized carbons (Fsp3) is 0.429. The number of rotatable bonds is 3. The first kappa shape index (κ1) is 13.8. The minimum atomic E-state index is -0.360. The van der Waals surface area contributed by atoms with E-state index in [4.69, 9.17) is 18.8 Å². The van der Waals surface area contributed by atoms with Crippen molar-refractivity contribution in [3.05, 3.63) is 30.2 Å².